The maximum absolute atomic E-state index is 10.4. The number of unbranched alkanes of at least 4 members (excludes halogenated alkanes) is 8. The molecule has 0 heterocycles. The maximum Gasteiger partial charge on any atom is 0.124 e. The second kappa shape index (κ2) is 16.3. The molecule has 0 aliphatic carbocycles. The highest BCUT2D eigenvalue weighted by atomic mass is 79.9. The number of benzene rings is 1. The monoisotopic (exact) mass is 491 g/mol. The summed E-state index contributed by atoms with van der Waals surface area (Å²) in [5, 5.41) is 1.16. The smallest absolute Gasteiger partial charge is 0.124 e. The van der Waals surface area contributed by atoms with Gasteiger partial charge in [0.15, 0.2) is 0 Å². The number of aryl methyl sites for hydroxylation is 1. The summed E-state index contributed by atoms with van der Waals surface area (Å²) >= 11 is 3.51. The SMILES string of the molecule is CCCCCCCCCC[N+](C)(C)CCCCBr.Cc1ccc(S(=O)(=O)[O-])cc1. The predicted octanol–water partition coefficient (Wildman–Crippen LogP) is 6.28. The van der Waals surface area contributed by atoms with Crippen LogP contribution in [-0.2, 0) is 10.1 Å². The van der Waals surface area contributed by atoms with Crippen LogP contribution < -0.4 is 0 Å². The van der Waals surface area contributed by atoms with Crippen LogP contribution in [0.3, 0.4) is 0 Å². The summed E-state index contributed by atoms with van der Waals surface area (Å²) in [5.41, 5.74) is 0.928. The molecule has 0 saturated carbocycles. The van der Waals surface area contributed by atoms with Crippen LogP contribution in [0.2, 0.25) is 0 Å². The highest BCUT2D eigenvalue weighted by Crippen LogP contribution is 2.11. The van der Waals surface area contributed by atoms with Gasteiger partial charge >= 0.3 is 0 Å². The lowest BCUT2D eigenvalue weighted by molar-refractivity contribution is -0.890. The van der Waals surface area contributed by atoms with Crippen molar-refractivity contribution in [3.05, 3.63) is 29.8 Å². The van der Waals surface area contributed by atoms with E-state index in [9.17, 15) is 13.0 Å². The standard InChI is InChI=1S/C16H35BrN.C7H8O3S/c1-4-5-6-7-8-9-10-12-15-18(2,3)16-13-11-14-17;1-6-2-4-7(5-3-6)11(8,9)10/h4-16H2,1-3H3;2-5H,1H3,(H,8,9,10)/q+1;/p-1. The largest absolute Gasteiger partial charge is 0.744 e. The number of hydrogen-bond acceptors (Lipinski definition) is 3. The molecule has 4 nitrogen and oxygen atoms in total. The van der Waals surface area contributed by atoms with E-state index < -0.39 is 10.1 Å². The van der Waals surface area contributed by atoms with Crippen molar-refractivity contribution >= 4 is 26.0 Å². The molecular formula is C23H42BrNO3S. The minimum Gasteiger partial charge on any atom is -0.744 e. The molecule has 6 heteroatoms. The molecule has 0 amide bonds. The average molecular weight is 493 g/mol. The third kappa shape index (κ3) is 17.0. The van der Waals surface area contributed by atoms with Crippen molar-refractivity contribution in [1.82, 2.24) is 0 Å². The molecule has 0 fully saturated rings. The van der Waals surface area contributed by atoms with E-state index in [2.05, 4.69) is 36.9 Å². The number of alkyl halides is 1. The van der Waals surface area contributed by atoms with Gasteiger partial charge in [-0.3, -0.25) is 0 Å². The van der Waals surface area contributed by atoms with E-state index in [0.717, 1.165) is 10.9 Å². The quantitative estimate of drug-likeness (QED) is 0.133. The van der Waals surface area contributed by atoms with Crippen molar-refractivity contribution in [2.45, 2.75) is 83.0 Å². The van der Waals surface area contributed by atoms with Crippen LogP contribution in [0.4, 0.5) is 0 Å². The first-order chi connectivity index (χ1) is 13.6. The van der Waals surface area contributed by atoms with E-state index in [-0.39, 0.29) is 4.90 Å². The minimum atomic E-state index is -4.27. The first-order valence-corrected chi connectivity index (χ1v) is 13.6. The molecule has 0 spiro atoms. The van der Waals surface area contributed by atoms with Crippen LogP contribution in [0.25, 0.3) is 0 Å². The highest BCUT2D eigenvalue weighted by Gasteiger charge is 2.13. The van der Waals surface area contributed by atoms with E-state index in [0.29, 0.717) is 0 Å². The molecule has 0 bridgehead atoms. The van der Waals surface area contributed by atoms with Crippen LogP contribution in [0.5, 0.6) is 0 Å². The number of quaternary nitrogens is 1. The Bertz CT molecular complexity index is 616. The number of hydrogen-bond donors (Lipinski definition) is 0. The molecule has 1 aromatic carbocycles. The molecule has 0 saturated heterocycles. The van der Waals surface area contributed by atoms with Gasteiger partial charge in [-0.1, -0.05) is 79.1 Å². The van der Waals surface area contributed by atoms with Crippen LogP contribution in [0, 0.1) is 6.92 Å². The average Bonchev–Trinajstić information content (AvgIpc) is 2.64. The fourth-order valence-corrected chi connectivity index (χ4v) is 3.99. The van der Waals surface area contributed by atoms with Crippen LogP contribution >= 0.6 is 15.9 Å². The van der Waals surface area contributed by atoms with Gasteiger partial charge in [-0.05, 0) is 44.7 Å². The Hall–Kier alpha value is -0.430. The summed E-state index contributed by atoms with van der Waals surface area (Å²) < 4.78 is 32.4. The van der Waals surface area contributed by atoms with Gasteiger partial charge in [-0.25, -0.2) is 8.42 Å². The van der Waals surface area contributed by atoms with Gasteiger partial charge in [0.05, 0.1) is 32.1 Å². The van der Waals surface area contributed by atoms with Gasteiger partial charge in [0.2, 0.25) is 0 Å². The molecule has 29 heavy (non-hydrogen) atoms. The topological polar surface area (TPSA) is 57.2 Å². The van der Waals surface area contributed by atoms with E-state index in [1.807, 2.05) is 6.92 Å². The lowest BCUT2D eigenvalue weighted by atomic mass is 10.1. The summed E-state index contributed by atoms with van der Waals surface area (Å²) in [7, 11) is 0.499. The van der Waals surface area contributed by atoms with Gasteiger partial charge in [0.25, 0.3) is 0 Å². The van der Waals surface area contributed by atoms with Crippen molar-refractivity contribution in [3.8, 4) is 0 Å². The number of rotatable bonds is 14. The maximum atomic E-state index is 10.4. The Kier molecular flexibility index (Phi) is 16.0. The fraction of sp³-hybridized carbons (Fsp3) is 0.739. The Morgan fingerprint density at radius 2 is 1.28 bits per heavy atom. The van der Waals surface area contributed by atoms with E-state index in [4.69, 9.17) is 0 Å². The van der Waals surface area contributed by atoms with Crippen LogP contribution in [0.1, 0.15) is 76.7 Å². The van der Waals surface area contributed by atoms with Crippen molar-refractivity contribution < 1.29 is 17.5 Å². The first kappa shape index (κ1) is 28.6. The number of halogens is 1. The molecular weight excluding hydrogens is 450 g/mol. The van der Waals surface area contributed by atoms with Crippen molar-refractivity contribution in [1.29, 1.82) is 0 Å². The van der Waals surface area contributed by atoms with Gasteiger partial charge in [-0.15, -0.1) is 0 Å². The third-order valence-electron chi connectivity index (χ3n) is 5.07. The second-order valence-electron chi connectivity index (χ2n) is 8.52. The zero-order valence-electron chi connectivity index (χ0n) is 19.0. The molecule has 0 atom stereocenters. The molecule has 0 radical (unpaired) electrons. The molecule has 170 valence electrons. The van der Waals surface area contributed by atoms with Crippen LogP contribution in [0.15, 0.2) is 29.2 Å². The third-order valence-corrected chi connectivity index (χ3v) is 6.48. The Morgan fingerprint density at radius 1 is 0.828 bits per heavy atom. The second-order valence-corrected chi connectivity index (χ2v) is 10.7. The van der Waals surface area contributed by atoms with Crippen molar-refractivity contribution in [2.75, 3.05) is 32.5 Å². The normalized spacial score (nSPS) is 11.8. The summed E-state index contributed by atoms with van der Waals surface area (Å²) in [6, 6.07) is 5.78. The Labute approximate surface area is 188 Å². The Morgan fingerprint density at radius 3 is 1.72 bits per heavy atom. The molecule has 0 aromatic heterocycles. The zero-order chi connectivity index (χ0) is 22.2. The Balaban J connectivity index is 0.000000604. The fourth-order valence-electron chi connectivity index (χ4n) is 3.12. The van der Waals surface area contributed by atoms with Gasteiger partial charge in [0.1, 0.15) is 10.1 Å². The van der Waals surface area contributed by atoms with E-state index in [1.54, 1.807) is 12.1 Å². The van der Waals surface area contributed by atoms with Crippen molar-refractivity contribution in [2.24, 2.45) is 0 Å². The summed E-state index contributed by atoms with van der Waals surface area (Å²) in [5.74, 6) is 0. The van der Waals surface area contributed by atoms with Gasteiger partial charge < -0.3 is 9.04 Å². The zero-order valence-corrected chi connectivity index (χ0v) is 21.4. The van der Waals surface area contributed by atoms with E-state index in [1.165, 1.54) is 93.9 Å². The molecule has 0 unspecified atom stereocenters. The molecule has 1 rings (SSSR count). The summed E-state index contributed by atoms with van der Waals surface area (Å²) in [6.07, 6.45) is 14.1. The molecule has 1 aromatic rings. The lowest BCUT2D eigenvalue weighted by Crippen LogP contribution is -2.41. The predicted molar refractivity (Wildman–Crippen MR) is 127 cm³/mol. The van der Waals surface area contributed by atoms with Crippen LogP contribution in [-0.4, -0.2) is 50.0 Å². The lowest BCUT2D eigenvalue weighted by Gasteiger charge is -2.29. The van der Waals surface area contributed by atoms with Crippen molar-refractivity contribution in [3.63, 3.8) is 0 Å². The summed E-state index contributed by atoms with van der Waals surface area (Å²) in [6.45, 7) is 6.80. The first-order valence-electron chi connectivity index (χ1n) is 11.0. The molecule has 0 aliphatic heterocycles. The molecule has 0 aliphatic rings. The summed E-state index contributed by atoms with van der Waals surface area (Å²) in [4.78, 5) is -0.178. The highest BCUT2D eigenvalue weighted by molar-refractivity contribution is 9.09. The number of nitrogens with zero attached hydrogens (tertiary/aromatic N) is 1. The van der Waals surface area contributed by atoms with Gasteiger partial charge in [0, 0.05) is 5.33 Å². The van der Waals surface area contributed by atoms with E-state index >= 15 is 0 Å². The minimum absolute atomic E-state index is 0.178. The van der Waals surface area contributed by atoms with Gasteiger partial charge in [-0.2, -0.15) is 0 Å². The molecule has 0 N–H and O–H groups in total.